The summed E-state index contributed by atoms with van der Waals surface area (Å²) in [7, 11) is -2.84. The van der Waals surface area contributed by atoms with Gasteiger partial charge in [0.1, 0.15) is 0 Å². The second kappa shape index (κ2) is 8.89. The first kappa shape index (κ1) is 20.6. The molecule has 1 aromatic heterocycles. The molecule has 3 heterocycles. The van der Waals surface area contributed by atoms with Gasteiger partial charge in [0.25, 0.3) is 0 Å². The summed E-state index contributed by atoms with van der Waals surface area (Å²) < 4.78 is 23.3. The van der Waals surface area contributed by atoms with Gasteiger partial charge in [-0.3, -0.25) is 4.99 Å². The standard InChI is InChI=1S/C17H26N6O2S.HI/c24-26(25)11-4-14(13-26)12-20-17(21-15-2-3-15)23-9-7-22(8-10-23)16-18-5-1-6-19-16;/h1,5-6,14-15H,2-4,7-13H2,(H,20,21);1H. The zero-order valence-corrected chi connectivity index (χ0v) is 18.5. The molecule has 10 heteroatoms. The van der Waals surface area contributed by atoms with Gasteiger partial charge in [0.15, 0.2) is 15.8 Å². The van der Waals surface area contributed by atoms with E-state index in [0.29, 0.717) is 18.3 Å². The van der Waals surface area contributed by atoms with E-state index in [-0.39, 0.29) is 35.6 Å². The number of nitrogens with one attached hydrogen (secondary N) is 1. The monoisotopic (exact) mass is 506 g/mol. The molecule has 150 valence electrons. The summed E-state index contributed by atoms with van der Waals surface area (Å²) in [6, 6.07) is 2.35. The van der Waals surface area contributed by atoms with Gasteiger partial charge in [-0.2, -0.15) is 0 Å². The zero-order valence-electron chi connectivity index (χ0n) is 15.3. The molecule has 1 N–H and O–H groups in total. The van der Waals surface area contributed by atoms with Gasteiger partial charge in [0.05, 0.1) is 11.5 Å². The normalized spacial score (nSPS) is 25.2. The Kier molecular flexibility index (Phi) is 6.77. The molecule has 1 unspecified atom stereocenters. The van der Waals surface area contributed by atoms with Crippen molar-refractivity contribution in [2.45, 2.75) is 25.3 Å². The SMILES string of the molecule is I.O=S1(=O)CCC(CN=C(NC2CC2)N2CCN(c3ncccn3)CC2)C1. The van der Waals surface area contributed by atoms with Crippen molar-refractivity contribution < 1.29 is 8.42 Å². The Labute approximate surface area is 177 Å². The summed E-state index contributed by atoms with van der Waals surface area (Å²) in [4.78, 5) is 17.9. The number of hydrogen-bond acceptors (Lipinski definition) is 6. The third-order valence-corrected chi connectivity index (χ3v) is 6.99. The van der Waals surface area contributed by atoms with E-state index in [1.165, 1.54) is 12.8 Å². The molecule has 1 aromatic rings. The highest BCUT2D eigenvalue weighted by Crippen LogP contribution is 2.21. The summed E-state index contributed by atoms with van der Waals surface area (Å²) in [5, 5.41) is 3.54. The van der Waals surface area contributed by atoms with Crippen LogP contribution in [0.5, 0.6) is 0 Å². The Hall–Kier alpha value is -1.17. The molecule has 0 amide bonds. The van der Waals surface area contributed by atoms with E-state index in [4.69, 9.17) is 4.99 Å². The van der Waals surface area contributed by atoms with Gasteiger partial charge in [0, 0.05) is 51.2 Å². The predicted octanol–water partition coefficient (Wildman–Crippen LogP) is 0.759. The number of anilines is 1. The van der Waals surface area contributed by atoms with Crippen molar-refractivity contribution in [2.75, 3.05) is 49.1 Å². The molecular weight excluding hydrogens is 479 g/mol. The van der Waals surface area contributed by atoms with Gasteiger partial charge in [-0.1, -0.05) is 0 Å². The second-order valence-corrected chi connectivity index (χ2v) is 9.60. The third-order valence-electron chi connectivity index (χ3n) is 5.15. The maximum atomic E-state index is 11.7. The average molecular weight is 506 g/mol. The lowest BCUT2D eigenvalue weighted by atomic mass is 10.1. The molecule has 1 aliphatic carbocycles. The number of halogens is 1. The van der Waals surface area contributed by atoms with Crippen LogP contribution in [0.4, 0.5) is 5.95 Å². The highest BCUT2D eigenvalue weighted by Gasteiger charge is 2.30. The topological polar surface area (TPSA) is 90.8 Å². The molecule has 3 fully saturated rings. The third kappa shape index (κ3) is 5.66. The molecule has 3 aliphatic rings. The van der Waals surface area contributed by atoms with Crippen LogP contribution in [0.1, 0.15) is 19.3 Å². The fourth-order valence-electron chi connectivity index (χ4n) is 3.45. The van der Waals surface area contributed by atoms with Crippen LogP contribution in [0.25, 0.3) is 0 Å². The zero-order chi connectivity index (χ0) is 18.0. The first-order valence-corrected chi connectivity index (χ1v) is 11.2. The number of guanidine groups is 1. The van der Waals surface area contributed by atoms with Crippen molar-refractivity contribution in [1.82, 2.24) is 20.2 Å². The molecule has 2 saturated heterocycles. The Morgan fingerprint density at radius 1 is 1.15 bits per heavy atom. The number of sulfone groups is 1. The van der Waals surface area contributed by atoms with Crippen LogP contribution < -0.4 is 10.2 Å². The number of aliphatic imine (C=N–C) groups is 1. The molecular formula is C17H27IN6O2S. The van der Waals surface area contributed by atoms with Crippen molar-refractivity contribution in [3.05, 3.63) is 18.5 Å². The highest BCUT2D eigenvalue weighted by atomic mass is 127. The number of hydrogen-bond donors (Lipinski definition) is 1. The van der Waals surface area contributed by atoms with Gasteiger partial charge in [0.2, 0.25) is 5.95 Å². The van der Waals surface area contributed by atoms with E-state index in [1.807, 2.05) is 6.07 Å². The molecule has 8 nitrogen and oxygen atoms in total. The minimum absolute atomic E-state index is 0. The Balaban J connectivity index is 0.00000210. The lowest BCUT2D eigenvalue weighted by Crippen LogP contribution is -2.53. The average Bonchev–Trinajstić information content (AvgIpc) is 3.41. The molecule has 0 aromatic carbocycles. The summed E-state index contributed by atoms with van der Waals surface area (Å²) in [5.74, 6) is 2.47. The molecule has 0 spiro atoms. The van der Waals surface area contributed by atoms with E-state index in [1.54, 1.807) is 12.4 Å². The van der Waals surface area contributed by atoms with Gasteiger partial charge in [-0.15, -0.1) is 24.0 Å². The minimum Gasteiger partial charge on any atom is -0.354 e. The quantitative estimate of drug-likeness (QED) is 0.367. The molecule has 27 heavy (non-hydrogen) atoms. The van der Waals surface area contributed by atoms with Crippen LogP contribution in [0, 0.1) is 5.92 Å². The Morgan fingerprint density at radius 3 is 2.44 bits per heavy atom. The minimum atomic E-state index is -2.84. The lowest BCUT2D eigenvalue weighted by Gasteiger charge is -2.36. The second-order valence-electron chi connectivity index (χ2n) is 7.37. The molecule has 0 bridgehead atoms. The van der Waals surface area contributed by atoms with E-state index in [9.17, 15) is 8.42 Å². The summed E-state index contributed by atoms with van der Waals surface area (Å²) >= 11 is 0. The van der Waals surface area contributed by atoms with Crippen LogP contribution >= 0.6 is 24.0 Å². The maximum absolute atomic E-state index is 11.7. The van der Waals surface area contributed by atoms with Crippen molar-refractivity contribution in [1.29, 1.82) is 0 Å². The van der Waals surface area contributed by atoms with Crippen molar-refractivity contribution >= 4 is 45.7 Å². The van der Waals surface area contributed by atoms with E-state index >= 15 is 0 Å². The van der Waals surface area contributed by atoms with Crippen LogP contribution in [-0.2, 0) is 9.84 Å². The van der Waals surface area contributed by atoms with Crippen LogP contribution in [-0.4, -0.2) is 79.5 Å². The molecule has 0 radical (unpaired) electrons. The predicted molar refractivity (Wildman–Crippen MR) is 116 cm³/mol. The molecule has 1 atom stereocenters. The fourth-order valence-corrected chi connectivity index (χ4v) is 5.30. The van der Waals surface area contributed by atoms with Crippen molar-refractivity contribution in [2.24, 2.45) is 10.9 Å². The lowest BCUT2D eigenvalue weighted by molar-refractivity contribution is 0.368. The molecule has 1 saturated carbocycles. The fraction of sp³-hybridized carbons (Fsp3) is 0.706. The summed E-state index contributed by atoms with van der Waals surface area (Å²) in [6.45, 7) is 4.02. The smallest absolute Gasteiger partial charge is 0.225 e. The van der Waals surface area contributed by atoms with Crippen molar-refractivity contribution in [3.8, 4) is 0 Å². The number of nitrogens with zero attached hydrogens (tertiary/aromatic N) is 5. The summed E-state index contributed by atoms with van der Waals surface area (Å²) in [6.07, 6.45) is 6.66. The van der Waals surface area contributed by atoms with E-state index in [2.05, 4.69) is 25.1 Å². The van der Waals surface area contributed by atoms with Gasteiger partial charge >= 0.3 is 0 Å². The number of aromatic nitrogens is 2. The highest BCUT2D eigenvalue weighted by molar-refractivity contribution is 14.0. The van der Waals surface area contributed by atoms with Gasteiger partial charge < -0.3 is 15.1 Å². The van der Waals surface area contributed by atoms with Crippen LogP contribution in [0.3, 0.4) is 0 Å². The number of rotatable bonds is 4. The van der Waals surface area contributed by atoms with Crippen LogP contribution in [0.15, 0.2) is 23.5 Å². The summed E-state index contributed by atoms with van der Waals surface area (Å²) in [5.41, 5.74) is 0. The first-order chi connectivity index (χ1) is 12.6. The Morgan fingerprint density at radius 2 is 1.85 bits per heavy atom. The Bertz CT molecular complexity index is 748. The van der Waals surface area contributed by atoms with Crippen molar-refractivity contribution in [3.63, 3.8) is 0 Å². The molecule has 4 rings (SSSR count). The van der Waals surface area contributed by atoms with E-state index in [0.717, 1.165) is 44.5 Å². The van der Waals surface area contributed by atoms with E-state index < -0.39 is 9.84 Å². The largest absolute Gasteiger partial charge is 0.354 e. The maximum Gasteiger partial charge on any atom is 0.225 e. The first-order valence-electron chi connectivity index (χ1n) is 9.37. The van der Waals surface area contributed by atoms with Crippen LogP contribution in [0.2, 0.25) is 0 Å². The van der Waals surface area contributed by atoms with Gasteiger partial charge in [-0.25, -0.2) is 18.4 Å². The van der Waals surface area contributed by atoms with Gasteiger partial charge in [-0.05, 0) is 31.2 Å². The number of piperazine rings is 1. The molecule has 2 aliphatic heterocycles.